The quantitative estimate of drug-likeness (QED) is 0.426. The van der Waals surface area contributed by atoms with E-state index in [0.29, 0.717) is 30.8 Å². The van der Waals surface area contributed by atoms with Gasteiger partial charge in [-0.05, 0) is 79.3 Å². The zero-order valence-electron chi connectivity index (χ0n) is 21.8. The van der Waals surface area contributed by atoms with Gasteiger partial charge in [0, 0.05) is 18.6 Å². The lowest BCUT2D eigenvalue weighted by Gasteiger charge is -2.48. The van der Waals surface area contributed by atoms with E-state index in [4.69, 9.17) is 0 Å². The van der Waals surface area contributed by atoms with E-state index in [1.54, 1.807) is 21.1 Å². The highest BCUT2D eigenvalue weighted by Crippen LogP contribution is 2.45. The smallest absolute Gasteiger partial charge is 0.329 e. The molecule has 39 heavy (non-hydrogen) atoms. The monoisotopic (exact) mass is 544 g/mol. The predicted molar refractivity (Wildman–Crippen MR) is 150 cm³/mol. The number of carboxylic acids is 1. The van der Waals surface area contributed by atoms with Crippen LogP contribution in [0.1, 0.15) is 38.2 Å². The highest BCUT2D eigenvalue weighted by molar-refractivity contribution is 7.07. The number of likely N-dealkylation sites (tertiary alicyclic amines) is 1. The van der Waals surface area contributed by atoms with Gasteiger partial charge in [-0.15, -0.1) is 0 Å². The Bertz CT molecular complexity index is 1310. The molecule has 1 aliphatic carbocycles. The second kappa shape index (κ2) is 10.0. The largest absolute Gasteiger partial charge is 0.480 e. The zero-order valence-corrected chi connectivity index (χ0v) is 22.7. The van der Waals surface area contributed by atoms with E-state index in [2.05, 4.69) is 12.3 Å². The minimum Gasteiger partial charge on any atom is -0.480 e. The number of carbonyl (C=O) groups is 3. The lowest BCUT2D eigenvalue weighted by molar-refractivity contribution is -0.145. The summed E-state index contributed by atoms with van der Waals surface area (Å²) in [5, 5.41) is 14.5. The van der Waals surface area contributed by atoms with Gasteiger partial charge in [0.25, 0.3) is 0 Å². The fourth-order valence-corrected chi connectivity index (χ4v) is 6.70. The number of amides is 4. The van der Waals surface area contributed by atoms with Gasteiger partial charge < -0.3 is 19.8 Å². The van der Waals surface area contributed by atoms with Gasteiger partial charge in [0.05, 0.1) is 23.5 Å². The number of hydrogen-bond donors (Lipinski definition) is 1. The van der Waals surface area contributed by atoms with E-state index in [1.165, 1.54) is 4.90 Å². The standard InChI is InChI=1S/C30H32N4O4S/c1-30(15-16-30)32(18-21-14-17-39-20-21)29(38)34-24-12-13-25(34)26(27(35)36)31(19-24)28(37)33(22-8-4-2-5-9-22)23-10-6-3-7-11-23/h2-11,14,17,20,24-26H,12-13,15-16,18-19H2,1H3,(H,35,36)/t24?,25-,26+/m1/s1. The first-order valence-corrected chi connectivity index (χ1v) is 14.4. The third-order valence-electron chi connectivity index (χ3n) is 8.37. The van der Waals surface area contributed by atoms with Crippen molar-refractivity contribution in [3.8, 4) is 0 Å². The fourth-order valence-electron chi connectivity index (χ4n) is 6.04. The number of fused-ring (bicyclic) bond motifs is 2. The van der Waals surface area contributed by atoms with Crippen LogP contribution in [0.5, 0.6) is 0 Å². The van der Waals surface area contributed by atoms with Crippen LogP contribution in [0.2, 0.25) is 0 Å². The van der Waals surface area contributed by atoms with Crippen molar-refractivity contribution >= 4 is 40.7 Å². The van der Waals surface area contributed by atoms with E-state index in [0.717, 1.165) is 18.4 Å². The van der Waals surface area contributed by atoms with Crippen LogP contribution in [-0.4, -0.2) is 68.0 Å². The molecule has 1 saturated carbocycles. The second-order valence-corrected chi connectivity index (χ2v) is 11.7. The highest BCUT2D eigenvalue weighted by Gasteiger charge is 2.56. The SMILES string of the molecule is CC1(N(Cc2ccsc2)C(=O)N2C3CC[C@@H]2[C@@H](C(=O)O)N(C(=O)N(c2ccccc2)c2ccccc2)C3)CC1. The van der Waals surface area contributed by atoms with Crippen LogP contribution in [0.25, 0.3) is 0 Å². The molecule has 3 aliphatic rings. The number of carbonyl (C=O) groups excluding carboxylic acids is 2. The molecule has 1 aromatic heterocycles. The average molecular weight is 545 g/mol. The van der Waals surface area contributed by atoms with Crippen LogP contribution in [0.3, 0.4) is 0 Å². The van der Waals surface area contributed by atoms with Gasteiger partial charge in [-0.2, -0.15) is 11.3 Å². The number of para-hydroxylation sites is 2. The number of rotatable bonds is 6. The second-order valence-electron chi connectivity index (χ2n) is 10.9. The molecule has 6 rings (SSSR count). The summed E-state index contributed by atoms with van der Waals surface area (Å²) in [6.07, 6.45) is 3.09. The van der Waals surface area contributed by atoms with Gasteiger partial charge in [-0.1, -0.05) is 36.4 Å². The van der Waals surface area contributed by atoms with E-state index in [-0.39, 0.29) is 24.2 Å². The minimum absolute atomic E-state index is 0.116. The molecule has 1 N–H and O–H groups in total. The molecule has 2 aliphatic heterocycles. The Morgan fingerprint density at radius 1 is 0.949 bits per heavy atom. The predicted octanol–water partition coefficient (Wildman–Crippen LogP) is 5.78. The number of piperazine rings is 1. The number of urea groups is 2. The van der Waals surface area contributed by atoms with Gasteiger partial charge in [0.15, 0.2) is 6.04 Å². The highest BCUT2D eigenvalue weighted by atomic mass is 32.1. The Balaban J connectivity index is 1.32. The van der Waals surface area contributed by atoms with Crippen LogP contribution in [-0.2, 0) is 11.3 Å². The molecule has 3 fully saturated rings. The molecule has 4 amide bonds. The first kappa shape index (κ1) is 25.4. The number of anilines is 2. The van der Waals surface area contributed by atoms with Crippen LogP contribution >= 0.6 is 11.3 Å². The maximum Gasteiger partial charge on any atom is 0.329 e. The summed E-state index contributed by atoms with van der Waals surface area (Å²) in [6, 6.07) is 18.1. The minimum atomic E-state index is -1.13. The van der Waals surface area contributed by atoms with Crippen molar-refractivity contribution in [1.29, 1.82) is 0 Å². The molecular formula is C30H32N4O4S. The molecule has 3 atom stereocenters. The Labute approximate surface area is 232 Å². The summed E-state index contributed by atoms with van der Waals surface area (Å²) >= 11 is 1.60. The maximum absolute atomic E-state index is 14.2. The number of carboxylic acid groups (broad SMARTS) is 1. The van der Waals surface area contributed by atoms with Gasteiger partial charge in [0.1, 0.15) is 0 Å². The third kappa shape index (κ3) is 4.65. The van der Waals surface area contributed by atoms with Crippen LogP contribution in [0.15, 0.2) is 77.5 Å². The molecule has 9 heteroatoms. The summed E-state index contributed by atoms with van der Waals surface area (Å²) in [6.45, 7) is 2.79. The van der Waals surface area contributed by atoms with Crippen molar-refractivity contribution in [2.24, 2.45) is 0 Å². The lowest BCUT2D eigenvalue weighted by atomic mass is 10.0. The van der Waals surface area contributed by atoms with Gasteiger partial charge in [0.2, 0.25) is 0 Å². The van der Waals surface area contributed by atoms with Crippen LogP contribution in [0.4, 0.5) is 21.0 Å². The van der Waals surface area contributed by atoms with Crippen molar-refractivity contribution in [3.05, 3.63) is 83.1 Å². The molecule has 1 unspecified atom stereocenters. The maximum atomic E-state index is 14.2. The first-order valence-electron chi connectivity index (χ1n) is 13.4. The topological polar surface area (TPSA) is 84.4 Å². The third-order valence-corrected chi connectivity index (χ3v) is 9.10. The van der Waals surface area contributed by atoms with Gasteiger partial charge in [-0.3, -0.25) is 4.90 Å². The Morgan fingerprint density at radius 3 is 2.13 bits per heavy atom. The molecule has 3 heterocycles. The zero-order chi connectivity index (χ0) is 27.1. The fraction of sp³-hybridized carbons (Fsp3) is 0.367. The summed E-state index contributed by atoms with van der Waals surface area (Å²) in [5.74, 6) is -1.09. The number of hydrogen-bond acceptors (Lipinski definition) is 4. The van der Waals surface area contributed by atoms with E-state index in [9.17, 15) is 19.5 Å². The Hall–Kier alpha value is -3.85. The normalized spacial score (nSPS) is 22.8. The molecule has 202 valence electrons. The number of nitrogens with zero attached hydrogens (tertiary/aromatic N) is 4. The molecule has 0 radical (unpaired) electrons. The summed E-state index contributed by atoms with van der Waals surface area (Å²) in [5.41, 5.74) is 2.18. The number of thiophene rings is 1. The van der Waals surface area contributed by atoms with Crippen molar-refractivity contribution in [1.82, 2.24) is 14.7 Å². The molecule has 2 aromatic carbocycles. The Kier molecular flexibility index (Phi) is 6.54. The first-order chi connectivity index (χ1) is 18.9. The lowest BCUT2D eigenvalue weighted by Crippen LogP contribution is -2.68. The van der Waals surface area contributed by atoms with E-state index < -0.39 is 24.1 Å². The summed E-state index contributed by atoms with van der Waals surface area (Å²) < 4.78 is 0. The van der Waals surface area contributed by atoms with E-state index >= 15 is 0 Å². The molecule has 3 aromatic rings. The van der Waals surface area contributed by atoms with Crippen molar-refractivity contribution in [3.63, 3.8) is 0 Å². The average Bonchev–Trinajstić information content (AvgIpc) is 3.33. The van der Waals surface area contributed by atoms with Crippen molar-refractivity contribution in [2.45, 2.75) is 62.8 Å². The Morgan fingerprint density at radius 2 is 1.59 bits per heavy atom. The van der Waals surface area contributed by atoms with Crippen molar-refractivity contribution < 1.29 is 19.5 Å². The molecule has 0 spiro atoms. The number of aliphatic carboxylic acids is 1. The molecule has 2 saturated heterocycles. The molecule has 2 bridgehead atoms. The van der Waals surface area contributed by atoms with E-state index in [1.807, 2.05) is 77.0 Å². The van der Waals surface area contributed by atoms with Crippen molar-refractivity contribution in [2.75, 3.05) is 11.4 Å². The van der Waals surface area contributed by atoms with Gasteiger partial charge in [-0.25, -0.2) is 14.4 Å². The molecular weight excluding hydrogens is 512 g/mol. The van der Waals surface area contributed by atoms with Gasteiger partial charge >= 0.3 is 18.0 Å². The van der Waals surface area contributed by atoms with Crippen LogP contribution < -0.4 is 4.90 Å². The molecule has 8 nitrogen and oxygen atoms in total. The summed E-state index contributed by atoms with van der Waals surface area (Å²) in [4.78, 5) is 47.9. The summed E-state index contributed by atoms with van der Waals surface area (Å²) in [7, 11) is 0. The van der Waals surface area contributed by atoms with Crippen LogP contribution in [0, 0.1) is 0 Å². The number of benzene rings is 2.